The molecule has 4 nitrogen and oxygen atoms in total. The predicted octanol–water partition coefficient (Wildman–Crippen LogP) is 3.54. The van der Waals surface area contributed by atoms with Crippen molar-refractivity contribution in [3.8, 4) is 0 Å². The molecule has 0 bridgehead atoms. The first-order valence-corrected chi connectivity index (χ1v) is 6.39. The highest BCUT2D eigenvalue weighted by Gasteiger charge is 2.11. The topological polar surface area (TPSA) is 54.9 Å². The molecule has 0 spiro atoms. The fourth-order valence-electron chi connectivity index (χ4n) is 1.99. The molecule has 0 radical (unpaired) electrons. The molecule has 0 aliphatic heterocycles. The normalized spacial score (nSPS) is 10.4. The SMILES string of the molecule is O=C(Nc1nccc(Cl)n1)c1cccc2ccccc12. The summed E-state index contributed by atoms with van der Waals surface area (Å²) in [6.07, 6.45) is 1.49. The van der Waals surface area contributed by atoms with Crippen LogP contribution in [0.2, 0.25) is 5.15 Å². The summed E-state index contributed by atoms with van der Waals surface area (Å²) < 4.78 is 0. The van der Waals surface area contributed by atoms with E-state index in [0.29, 0.717) is 5.56 Å². The number of rotatable bonds is 2. The van der Waals surface area contributed by atoms with Gasteiger partial charge in [0.05, 0.1) is 0 Å². The van der Waals surface area contributed by atoms with Crippen molar-refractivity contribution in [1.82, 2.24) is 9.97 Å². The highest BCUT2D eigenvalue weighted by molar-refractivity contribution is 6.29. The first kappa shape index (κ1) is 12.6. The first-order valence-electron chi connectivity index (χ1n) is 6.02. The number of carbonyl (C=O) groups excluding carboxylic acids is 1. The van der Waals surface area contributed by atoms with Crippen LogP contribution in [-0.2, 0) is 0 Å². The van der Waals surface area contributed by atoms with Crippen molar-refractivity contribution in [2.45, 2.75) is 0 Å². The molecule has 0 aliphatic carbocycles. The fourth-order valence-corrected chi connectivity index (χ4v) is 2.13. The average molecular weight is 284 g/mol. The minimum absolute atomic E-state index is 0.190. The van der Waals surface area contributed by atoms with E-state index in [1.54, 1.807) is 12.1 Å². The van der Waals surface area contributed by atoms with Gasteiger partial charge in [-0.15, -0.1) is 0 Å². The Labute approximate surface area is 120 Å². The lowest BCUT2D eigenvalue weighted by Gasteiger charge is -2.06. The van der Waals surface area contributed by atoms with E-state index in [0.717, 1.165) is 10.8 Å². The molecule has 5 heteroatoms. The lowest BCUT2D eigenvalue weighted by Crippen LogP contribution is -2.14. The maximum absolute atomic E-state index is 12.3. The van der Waals surface area contributed by atoms with E-state index in [9.17, 15) is 4.79 Å². The Morgan fingerprint density at radius 3 is 2.70 bits per heavy atom. The Hall–Kier alpha value is -2.46. The van der Waals surface area contributed by atoms with E-state index in [2.05, 4.69) is 15.3 Å². The molecule has 1 heterocycles. The van der Waals surface area contributed by atoms with Gasteiger partial charge in [0.15, 0.2) is 0 Å². The number of aromatic nitrogens is 2. The van der Waals surface area contributed by atoms with Crippen LogP contribution in [0, 0.1) is 0 Å². The molecule has 3 aromatic rings. The predicted molar refractivity (Wildman–Crippen MR) is 78.9 cm³/mol. The van der Waals surface area contributed by atoms with Crippen molar-refractivity contribution in [3.63, 3.8) is 0 Å². The summed E-state index contributed by atoms with van der Waals surface area (Å²) in [5.74, 6) is -0.0699. The van der Waals surface area contributed by atoms with Crippen molar-refractivity contribution in [2.24, 2.45) is 0 Å². The van der Waals surface area contributed by atoms with Gasteiger partial charge in [0.2, 0.25) is 5.95 Å². The molecule has 0 fully saturated rings. The van der Waals surface area contributed by atoms with Crippen LogP contribution in [0.5, 0.6) is 0 Å². The van der Waals surface area contributed by atoms with Gasteiger partial charge in [-0.05, 0) is 22.9 Å². The Morgan fingerprint density at radius 2 is 1.85 bits per heavy atom. The van der Waals surface area contributed by atoms with Gasteiger partial charge < -0.3 is 0 Å². The summed E-state index contributed by atoms with van der Waals surface area (Å²) in [6, 6.07) is 14.8. The van der Waals surface area contributed by atoms with Gasteiger partial charge in [0, 0.05) is 11.8 Å². The summed E-state index contributed by atoms with van der Waals surface area (Å²) in [5.41, 5.74) is 0.576. The summed E-state index contributed by atoms with van der Waals surface area (Å²) in [6.45, 7) is 0. The molecular formula is C15H10ClN3O. The zero-order chi connectivity index (χ0) is 13.9. The van der Waals surface area contributed by atoms with Crippen LogP contribution in [0.1, 0.15) is 10.4 Å². The monoisotopic (exact) mass is 283 g/mol. The molecule has 0 aliphatic rings. The van der Waals surface area contributed by atoms with Crippen molar-refractivity contribution in [2.75, 3.05) is 5.32 Å². The molecule has 2 aromatic carbocycles. The molecule has 98 valence electrons. The zero-order valence-corrected chi connectivity index (χ0v) is 11.1. The molecule has 1 amide bonds. The fraction of sp³-hybridized carbons (Fsp3) is 0. The van der Waals surface area contributed by atoms with E-state index < -0.39 is 0 Å². The second-order valence-electron chi connectivity index (χ2n) is 4.18. The molecule has 1 N–H and O–H groups in total. The molecule has 20 heavy (non-hydrogen) atoms. The number of carbonyl (C=O) groups is 1. The largest absolute Gasteiger partial charge is 0.290 e. The number of hydrogen-bond donors (Lipinski definition) is 1. The second-order valence-corrected chi connectivity index (χ2v) is 4.57. The summed E-state index contributed by atoms with van der Waals surface area (Å²) in [7, 11) is 0. The molecular weight excluding hydrogens is 274 g/mol. The van der Waals surface area contributed by atoms with Gasteiger partial charge in [0.25, 0.3) is 5.91 Å². The van der Waals surface area contributed by atoms with Crippen LogP contribution in [0.4, 0.5) is 5.95 Å². The van der Waals surface area contributed by atoms with Crippen LogP contribution in [0.25, 0.3) is 10.8 Å². The zero-order valence-electron chi connectivity index (χ0n) is 10.4. The minimum atomic E-state index is -0.260. The number of hydrogen-bond acceptors (Lipinski definition) is 3. The van der Waals surface area contributed by atoms with Gasteiger partial charge in [-0.2, -0.15) is 0 Å². The molecule has 0 saturated carbocycles. The van der Waals surface area contributed by atoms with Crippen LogP contribution in [0.3, 0.4) is 0 Å². The van der Waals surface area contributed by atoms with E-state index in [1.807, 2.05) is 36.4 Å². The Kier molecular flexibility index (Phi) is 3.31. The van der Waals surface area contributed by atoms with Gasteiger partial charge >= 0.3 is 0 Å². The van der Waals surface area contributed by atoms with Crippen LogP contribution >= 0.6 is 11.6 Å². The lowest BCUT2D eigenvalue weighted by molar-refractivity contribution is 0.102. The van der Waals surface area contributed by atoms with Gasteiger partial charge in [-0.25, -0.2) is 9.97 Å². The highest BCUT2D eigenvalue weighted by atomic mass is 35.5. The van der Waals surface area contributed by atoms with Crippen molar-refractivity contribution in [3.05, 3.63) is 65.4 Å². The number of nitrogens with one attached hydrogen (secondary N) is 1. The molecule has 0 saturated heterocycles. The van der Waals surface area contributed by atoms with E-state index >= 15 is 0 Å². The molecule has 0 unspecified atom stereocenters. The van der Waals surface area contributed by atoms with Gasteiger partial charge in [-0.3, -0.25) is 10.1 Å². The van der Waals surface area contributed by atoms with E-state index in [-0.39, 0.29) is 17.0 Å². The average Bonchev–Trinajstić information content (AvgIpc) is 2.46. The lowest BCUT2D eigenvalue weighted by atomic mass is 10.0. The molecule has 0 atom stereocenters. The summed E-state index contributed by atoms with van der Waals surface area (Å²) in [4.78, 5) is 20.2. The highest BCUT2D eigenvalue weighted by Crippen LogP contribution is 2.19. The number of anilines is 1. The third kappa shape index (κ3) is 2.46. The maximum atomic E-state index is 12.3. The second kappa shape index (κ2) is 5.27. The number of fused-ring (bicyclic) bond motifs is 1. The minimum Gasteiger partial charge on any atom is -0.290 e. The smallest absolute Gasteiger partial charge is 0.258 e. The number of halogens is 1. The molecule has 3 rings (SSSR count). The van der Waals surface area contributed by atoms with Gasteiger partial charge in [0.1, 0.15) is 5.15 Å². The quantitative estimate of drug-likeness (QED) is 0.732. The third-order valence-electron chi connectivity index (χ3n) is 2.88. The first-order chi connectivity index (χ1) is 9.74. The standard InChI is InChI=1S/C15H10ClN3O/c16-13-8-9-17-15(18-13)19-14(20)12-7-3-5-10-4-1-2-6-11(10)12/h1-9H,(H,17,18,19,20). The summed E-state index contributed by atoms with van der Waals surface area (Å²) in [5, 5.41) is 4.82. The summed E-state index contributed by atoms with van der Waals surface area (Å²) >= 11 is 5.77. The number of benzene rings is 2. The Balaban J connectivity index is 1.97. The number of amides is 1. The van der Waals surface area contributed by atoms with Crippen LogP contribution < -0.4 is 5.32 Å². The van der Waals surface area contributed by atoms with Crippen molar-refractivity contribution < 1.29 is 4.79 Å². The third-order valence-corrected chi connectivity index (χ3v) is 3.09. The van der Waals surface area contributed by atoms with Crippen LogP contribution in [0.15, 0.2) is 54.7 Å². The van der Waals surface area contributed by atoms with E-state index in [4.69, 9.17) is 11.6 Å². The van der Waals surface area contributed by atoms with Crippen molar-refractivity contribution in [1.29, 1.82) is 0 Å². The van der Waals surface area contributed by atoms with Crippen molar-refractivity contribution >= 4 is 34.2 Å². The number of nitrogens with zero attached hydrogens (tertiary/aromatic N) is 2. The Bertz CT molecular complexity index is 783. The maximum Gasteiger partial charge on any atom is 0.258 e. The van der Waals surface area contributed by atoms with E-state index in [1.165, 1.54) is 6.20 Å². The van der Waals surface area contributed by atoms with Crippen LogP contribution in [-0.4, -0.2) is 15.9 Å². The molecule has 1 aromatic heterocycles. The Morgan fingerprint density at radius 1 is 1.05 bits per heavy atom. The van der Waals surface area contributed by atoms with Gasteiger partial charge in [-0.1, -0.05) is 48.0 Å².